The predicted molar refractivity (Wildman–Crippen MR) is 145 cm³/mol. The maximum atomic E-state index is 12.4. The third-order valence-electron chi connectivity index (χ3n) is 5.46. The maximum absolute atomic E-state index is 12.4. The van der Waals surface area contributed by atoms with Crippen LogP contribution in [0.15, 0.2) is 77.9 Å². The normalized spacial score (nSPS) is 10.8. The van der Waals surface area contributed by atoms with Crippen molar-refractivity contribution >= 4 is 18.1 Å². The van der Waals surface area contributed by atoms with Gasteiger partial charge in [0.25, 0.3) is 5.91 Å². The van der Waals surface area contributed by atoms with Gasteiger partial charge in [0.1, 0.15) is 17.2 Å². The van der Waals surface area contributed by atoms with Crippen LogP contribution in [0.5, 0.6) is 17.2 Å². The molecule has 3 aromatic rings. The largest absolute Gasteiger partial charge is 0.494 e. The zero-order chi connectivity index (χ0) is 26.3. The third-order valence-corrected chi connectivity index (χ3v) is 5.46. The van der Waals surface area contributed by atoms with Crippen molar-refractivity contribution in [1.29, 1.82) is 0 Å². The monoisotopic (exact) mass is 502 g/mol. The average Bonchev–Trinajstić information content (AvgIpc) is 2.93. The number of carbonyl (C=O) groups is 2. The van der Waals surface area contributed by atoms with Gasteiger partial charge >= 0.3 is 5.97 Å². The Bertz CT molecular complexity index is 1140. The Labute approximate surface area is 218 Å². The Morgan fingerprint density at radius 2 is 1.41 bits per heavy atom. The molecule has 1 amide bonds. The summed E-state index contributed by atoms with van der Waals surface area (Å²) in [6, 6.07) is 21.4. The van der Waals surface area contributed by atoms with Crippen LogP contribution in [0.4, 0.5) is 0 Å². The first-order valence-corrected chi connectivity index (χ1v) is 12.7. The molecule has 37 heavy (non-hydrogen) atoms. The molecule has 0 aliphatic heterocycles. The molecule has 0 unspecified atom stereocenters. The van der Waals surface area contributed by atoms with Crippen LogP contribution in [-0.2, 0) is 11.2 Å². The van der Waals surface area contributed by atoms with Crippen LogP contribution in [0.3, 0.4) is 0 Å². The molecule has 0 atom stereocenters. The highest BCUT2D eigenvalue weighted by molar-refractivity contribution is 5.91. The number of hydrogen-bond acceptors (Lipinski definition) is 6. The molecule has 7 heteroatoms. The van der Waals surface area contributed by atoms with Crippen molar-refractivity contribution < 1.29 is 23.8 Å². The van der Waals surface area contributed by atoms with Crippen LogP contribution in [0, 0.1) is 0 Å². The second kappa shape index (κ2) is 15.1. The van der Waals surface area contributed by atoms with Gasteiger partial charge in [-0.25, -0.2) is 10.2 Å². The highest BCUT2D eigenvalue weighted by atomic mass is 16.5. The summed E-state index contributed by atoms with van der Waals surface area (Å²) in [6.45, 7) is 4.79. The smallest absolute Gasteiger partial charge is 0.343 e. The quantitative estimate of drug-likeness (QED) is 0.0967. The Hall–Kier alpha value is -4.13. The summed E-state index contributed by atoms with van der Waals surface area (Å²) in [7, 11) is 0. The number of nitrogens with zero attached hydrogens (tertiary/aromatic N) is 1. The van der Waals surface area contributed by atoms with Crippen molar-refractivity contribution in [2.45, 2.75) is 46.0 Å². The van der Waals surface area contributed by atoms with Gasteiger partial charge in [-0.15, -0.1) is 0 Å². The number of ether oxygens (including phenoxy) is 3. The molecule has 0 aromatic heterocycles. The Balaban J connectivity index is 1.40. The molecule has 0 radical (unpaired) electrons. The highest BCUT2D eigenvalue weighted by Crippen LogP contribution is 2.17. The molecule has 0 bridgehead atoms. The van der Waals surface area contributed by atoms with Gasteiger partial charge in [0.15, 0.2) is 6.61 Å². The van der Waals surface area contributed by atoms with Gasteiger partial charge in [-0.2, -0.15) is 5.10 Å². The molecule has 0 saturated carbocycles. The van der Waals surface area contributed by atoms with E-state index >= 15 is 0 Å². The maximum Gasteiger partial charge on any atom is 0.343 e. The Morgan fingerprint density at radius 3 is 2.08 bits per heavy atom. The number of aryl methyl sites for hydroxylation is 1. The van der Waals surface area contributed by atoms with Crippen molar-refractivity contribution in [3.8, 4) is 17.2 Å². The first-order chi connectivity index (χ1) is 18.1. The summed E-state index contributed by atoms with van der Waals surface area (Å²) in [5, 5.41) is 3.95. The first-order valence-electron chi connectivity index (χ1n) is 12.7. The molecule has 194 valence electrons. The topological polar surface area (TPSA) is 86.2 Å². The van der Waals surface area contributed by atoms with Crippen molar-refractivity contribution in [2.24, 2.45) is 5.10 Å². The number of nitrogens with one attached hydrogen (secondary N) is 1. The number of hydrogen-bond donors (Lipinski definition) is 1. The summed E-state index contributed by atoms with van der Waals surface area (Å²) in [5.41, 5.74) is 4.86. The van der Waals surface area contributed by atoms with Gasteiger partial charge in [0.2, 0.25) is 0 Å². The number of benzene rings is 3. The molecule has 0 heterocycles. The standard InChI is InChI=1S/C30H34N2O5/c1-3-5-7-23-8-14-27(15-9-23)36-22-29(33)32-31-21-24-10-16-28(17-11-24)37-30(34)25-12-18-26(19-13-25)35-20-6-4-2/h8-19,21H,3-7,20,22H2,1-2H3,(H,32,33)/b31-21-. The second-order valence-corrected chi connectivity index (χ2v) is 8.51. The minimum atomic E-state index is -0.454. The van der Waals surface area contributed by atoms with E-state index in [1.165, 1.54) is 11.8 Å². The van der Waals surface area contributed by atoms with Gasteiger partial charge in [0.05, 0.1) is 18.4 Å². The fourth-order valence-electron chi connectivity index (χ4n) is 3.30. The molecule has 3 aromatic carbocycles. The molecule has 0 fully saturated rings. The number of rotatable bonds is 14. The minimum Gasteiger partial charge on any atom is -0.494 e. The van der Waals surface area contributed by atoms with Gasteiger partial charge < -0.3 is 14.2 Å². The minimum absolute atomic E-state index is 0.133. The number of hydrazone groups is 1. The van der Waals surface area contributed by atoms with Gasteiger partial charge in [-0.05, 0) is 91.1 Å². The summed E-state index contributed by atoms with van der Waals surface area (Å²) in [5.74, 6) is 0.955. The number of unbranched alkanes of at least 4 members (excludes halogenated alkanes) is 2. The molecule has 0 aliphatic rings. The molecule has 0 spiro atoms. The molecule has 1 N–H and O–H groups in total. The van der Waals surface area contributed by atoms with Gasteiger partial charge in [0, 0.05) is 0 Å². The van der Waals surface area contributed by atoms with Crippen LogP contribution in [0.2, 0.25) is 0 Å². The van der Waals surface area contributed by atoms with E-state index in [0.29, 0.717) is 23.7 Å². The van der Waals surface area contributed by atoms with Crippen molar-refractivity contribution in [3.05, 3.63) is 89.5 Å². The van der Waals surface area contributed by atoms with Crippen molar-refractivity contribution in [2.75, 3.05) is 13.2 Å². The van der Waals surface area contributed by atoms with Crippen LogP contribution >= 0.6 is 0 Å². The van der Waals surface area contributed by atoms with Gasteiger partial charge in [-0.3, -0.25) is 4.79 Å². The van der Waals surface area contributed by atoms with E-state index in [4.69, 9.17) is 14.2 Å². The Kier molecular flexibility index (Phi) is 11.2. The van der Waals surface area contributed by atoms with E-state index in [2.05, 4.69) is 24.4 Å². The number of esters is 1. The number of carbonyl (C=O) groups excluding carboxylic acids is 2. The van der Waals surface area contributed by atoms with Crippen LogP contribution in [-0.4, -0.2) is 31.3 Å². The molecule has 3 rings (SSSR count). The third kappa shape index (κ3) is 9.80. The zero-order valence-corrected chi connectivity index (χ0v) is 21.4. The summed E-state index contributed by atoms with van der Waals surface area (Å²) >= 11 is 0. The molecule has 7 nitrogen and oxygen atoms in total. The van der Waals surface area contributed by atoms with E-state index in [-0.39, 0.29) is 12.5 Å². The lowest BCUT2D eigenvalue weighted by Gasteiger charge is -2.07. The van der Waals surface area contributed by atoms with Crippen LogP contribution < -0.4 is 19.6 Å². The fraction of sp³-hybridized carbons (Fsp3) is 0.300. The second-order valence-electron chi connectivity index (χ2n) is 8.51. The lowest BCUT2D eigenvalue weighted by molar-refractivity contribution is -0.123. The van der Waals surface area contributed by atoms with E-state index < -0.39 is 5.97 Å². The SMILES string of the molecule is CCCCOc1ccc(C(=O)Oc2ccc(/C=N\NC(=O)COc3ccc(CCCC)cc3)cc2)cc1. The number of amides is 1. The zero-order valence-electron chi connectivity index (χ0n) is 21.4. The fourth-order valence-corrected chi connectivity index (χ4v) is 3.30. The van der Waals surface area contributed by atoms with Crippen LogP contribution in [0.25, 0.3) is 0 Å². The summed E-state index contributed by atoms with van der Waals surface area (Å²) in [4.78, 5) is 24.4. The molecular weight excluding hydrogens is 468 g/mol. The van der Waals surface area contributed by atoms with Crippen LogP contribution in [0.1, 0.15) is 61.0 Å². The molecule has 0 aliphatic carbocycles. The van der Waals surface area contributed by atoms with Crippen molar-refractivity contribution in [3.63, 3.8) is 0 Å². The van der Waals surface area contributed by atoms with E-state index in [0.717, 1.165) is 43.4 Å². The summed E-state index contributed by atoms with van der Waals surface area (Å²) < 4.78 is 16.5. The van der Waals surface area contributed by atoms with E-state index in [1.54, 1.807) is 48.5 Å². The summed E-state index contributed by atoms with van der Waals surface area (Å²) in [6.07, 6.45) is 6.90. The highest BCUT2D eigenvalue weighted by Gasteiger charge is 2.09. The van der Waals surface area contributed by atoms with Crippen molar-refractivity contribution in [1.82, 2.24) is 5.43 Å². The van der Waals surface area contributed by atoms with E-state index in [9.17, 15) is 9.59 Å². The average molecular weight is 503 g/mol. The Morgan fingerprint density at radius 1 is 0.784 bits per heavy atom. The van der Waals surface area contributed by atoms with Gasteiger partial charge in [-0.1, -0.05) is 38.8 Å². The lowest BCUT2D eigenvalue weighted by Crippen LogP contribution is -2.24. The van der Waals surface area contributed by atoms with E-state index in [1.807, 2.05) is 24.3 Å². The lowest BCUT2D eigenvalue weighted by atomic mass is 10.1. The predicted octanol–water partition coefficient (Wildman–Crippen LogP) is 5.96. The first kappa shape index (κ1) is 27.5. The molecule has 0 saturated heterocycles. The molecular formula is C30H34N2O5.